The van der Waals surface area contributed by atoms with Crippen LogP contribution in [0.2, 0.25) is 0 Å². The highest BCUT2D eigenvalue weighted by Gasteiger charge is 2.01. The molecule has 0 amide bonds. The number of hydrogen-bond acceptors (Lipinski definition) is 5. The van der Waals surface area contributed by atoms with Crippen LogP contribution >= 0.6 is 0 Å². The maximum Gasteiger partial charge on any atom is 0.143 e. The van der Waals surface area contributed by atoms with E-state index in [0.29, 0.717) is 12.2 Å². The van der Waals surface area contributed by atoms with Crippen LogP contribution in [0.15, 0.2) is 18.6 Å². The van der Waals surface area contributed by atoms with E-state index in [-0.39, 0.29) is 0 Å². The van der Waals surface area contributed by atoms with Crippen LogP contribution in [0.1, 0.15) is 11.4 Å². The number of nitrogens with one attached hydrogen (secondary N) is 2. The summed E-state index contributed by atoms with van der Waals surface area (Å²) in [5.41, 5.74) is 7.27. The third kappa shape index (κ3) is 2.22. The molecule has 0 aromatic carbocycles. The Morgan fingerprint density at radius 1 is 1.47 bits per heavy atom. The number of anilines is 2. The van der Waals surface area contributed by atoms with E-state index in [1.807, 2.05) is 13.0 Å². The minimum absolute atomic E-state index is 0.567. The largest absolute Gasteiger partial charge is 0.397 e. The molecule has 0 radical (unpaired) electrons. The van der Waals surface area contributed by atoms with Gasteiger partial charge in [0.15, 0.2) is 0 Å². The summed E-state index contributed by atoms with van der Waals surface area (Å²) < 4.78 is 0. The zero-order valence-corrected chi connectivity index (χ0v) is 8.36. The molecule has 0 aliphatic carbocycles. The Labute approximate surface area is 86.9 Å². The van der Waals surface area contributed by atoms with Gasteiger partial charge in [-0.2, -0.15) is 5.10 Å². The van der Waals surface area contributed by atoms with Gasteiger partial charge in [0.1, 0.15) is 18.0 Å². The first kappa shape index (κ1) is 9.45. The molecule has 0 unspecified atom stereocenters. The smallest absolute Gasteiger partial charge is 0.143 e. The molecular weight excluding hydrogens is 192 g/mol. The van der Waals surface area contributed by atoms with Crippen LogP contribution in [0.3, 0.4) is 0 Å². The van der Waals surface area contributed by atoms with Crippen molar-refractivity contribution in [3.63, 3.8) is 0 Å². The van der Waals surface area contributed by atoms with Crippen LogP contribution < -0.4 is 11.1 Å². The molecular formula is C9H12N6. The van der Waals surface area contributed by atoms with E-state index in [2.05, 4.69) is 25.5 Å². The first-order valence-electron chi connectivity index (χ1n) is 4.56. The van der Waals surface area contributed by atoms with Crippen molar-refractivity contribution in [3.05, 3.63) is 30.0 Å². The third-order valence-corrected chi connectivity index (χ3v) is 1.99. The van der Waals surface area contributed by atoms with E-state index in [9.17, 15) is 0 Å². The van der Waals surface area contributed by atoms with E-state index in [1.165, 1.54) is 6.33 Å². The quantitative estimate of drug-likeness (QED) is 0.684. The lowest BCUT2D eigenvalue weighted by atomic mass is 10.2. The molecule has 6 heteroatoms. The SMILES string of the molecule is Cc1cc(N)cnc1NCc1ncn[nH]1. The van der Waals surface area contributed by atoms with Crippen molar-refractivity contribution in [3.8, 4) is 0 Å². The molecule has 2 rings (SSSR count). The molecule has 0 saturated heterocycles. The maximum atomic E-state index is 5.60. The lowest BCUT2D eigenvalue weighted by Gasteiger charge is -2.06. The van der Waals surface area contributed by atoms with Gasteiger partial charge >= 0.3 is 0 Å². The second-order valence-corrected chi connectivity index (χ2v) is 3.22. The Balaban J connectivity index is 2.05. The Morgan fingerprint density at radius 3 is 3.00 bits per heavy atom. The van der Waals surface area contributed by atoms with Crippen molar-refractivity contribution in [1.82, 2.24) is 20.2 Å². The van der Waals surface area contributed by atoms with Gasteiger partial charge in [0, 0.05) is 0 Å². The monoisotopic (exact) mass is 204 g/mol. The van der Waals surface area contributed by atoms with Crippen LogP contribution in [0.4, 0.5) is 11.5 Å². The minimum atomic E-state index is 0.567. The van der Waals surface area contributed by atoms with Gasteiger partial charge in [0.05, 0.1) is 18.4 Å². The number of aromatic amines is 1. The second kappa shape index (κ2) is 3.95. The van der Waals surface area contributed by atoms with Crippen molar-refractivity contribution in [2.75, 3.05) is 11.1 Å². The highest BCUT2D eigenvalue weighted by molar-refractivity contribution is 5.50. The first-order chi connectivity index (χ1) is 7.25. The van der Waals surface area contributed by atoms with Gasteiger partial charge in [-0.05, 0) is 18.6 Å². The van der Waals surface area contributed by atoms with Gasteiger partial charge in [-0.25, -0.2) is 9.97 Å². The third-order valence-electron chi connectivity index (χ3n) is 1.99. The number of aryl methyl sites for hydroxylation is 1. The number of hydrogen-bond donors (Lipinski definition) is 3. The van der Waals surface area contributed by atoms with Gasteiger partial charge in [-0.3, -0.25) is 5.10 Å². The summed E-state index contributed by atoms with van der Waals surface area (Å²) >= 11 is 0. The molecule has 78 valence electrons. The van der Waals surface area contributed by atoms with Gasteiger partial charge in [-0.15, -0.1) is 0 Å². The van der Waals surface area contributed by atoms with Crippen LogP contribution in [0, 0.1) is 6.92 Å². The van der Waals surface area contributed by atoms with Crippen LogP contribution in [0.25, 0.3) is 0 Å². The zero-order valence-electron chi connectivity index (χ0n) is 8.36. The Morgan fingerprint density at radius 2 is 2.33 bits per heavy atom. The Bertz CT molecular complexity index is 436. The lowest BCUT2D eigenvalue weighted by Crippen LogP contribution is -2.05. The molecule has 0 spiro atoms. The molecule has 0 aliphatic rings. The molecule has 4 N–H and O–H groups in total. The van der Waals surface area contributed by atoms with Crippen LogP contribution in [-0.2, 0) is 6.54 Å². The molecule has 0 atom stereocenters. The van der Waals surface area contributed by atoms with Crippen molar-refractivity contribution < 1.29 is 0 Å². The van der Waals surface area contributed by atoms with E-state index < -0.39 is 0 Å². The molecule has 0 bridgehead atoms. The zero-order chi connectivity index (χ0) is 10.7. The highest BCUT2D eigenvalue weighted by atomic mass is 15.2. The van der Waals surface area contributed by atoms with E-state index >= 15 is 0 Å². The van der Waals surface area contributed by atoms with Gasteiger partial charge in [-0.1, -0.05) is 0 Å². The average molecular weight is 204 g/mol. The second-order valence-electron chi connectivity index (χ2n) is 3.22. The molecule has 0 fully saturated rings. The molecule has 15 heavy (non-hydrogen) atoms. The summed E-state index contributed by atoms with van der Waals surface area (Å²) in [5, 5.41) is 9.66. The number of nitrogen functional groups attached to an aromatic ring is 1. The molecule has 2 aromatic heterocycles. The highest BCUT2D eigenvalue weighted by Crippen LogP contribution is 2.13. The van der Waals surface area contributed by atoms with Gasteiger partial charge in [0.25, 0.3) is 0 Å². The number of rotatable bonds is 3. The Hall–Kier alpha value is -2.11. The molecule has 2 aromatic rings. The van der Waals surface area contributed by atoms with E-state index in [0.717, 1.165) is 17.2 Å². The standard InChI is InChI=1S/C9H12N6/c1-6-2-7(10)3-11-9(6)12-4-8-13-5-14-15-8/h2-3,5H,4,10H2,1H3,(H,11,12)(H,13,14,15). The first-order valence-corrected chi connectivity index (χ1v) is 4.56. The predicted octanol–water partition coefficient (Wildman–Crippen LogP) is 0.702. The summed E-state index contributed by atoms with van der Waals surface area (Å²) in [7, 11) is 0. The fourth-order valence-corrected chi connectivity index (χ4v) is 1.27. The number of nitrogens with zero attached hydrogens (tertiary/aromatic N) is 3. The number of aromatic nitrogens is 4. The predicted molar refractivity (Wildman–Crippen MR) is 57.1 cm³/mol. The topological polar surface area (TPSA) is 92.5 Å². The maximum absolute atomic E-state index is 5.60. The molecule has 2 heterocycles. The van der Waals surface area contributed by atoms with Crippen LogP contribution in [-0.4, -0.2) is 20.2 Å². The van der Waals surface area contributed by atoms with Crippen molar-refractivity contribution in [2.45, 2.75) is 13.5 Å². The summed E-state index contributed by atoms with van der Waals surface area (Å²) in [6, 6.07) is 1.87. The van der Waals surface area contributed by atoms with Gasteiger partial charge < -0.3 is 11.1 Å². The van der Waals surface area contributed by atoms with Crippen molar-refractivity contribution in [1.29, 1.82) is 0 Å². The number of pyridine rings is 1. The van der Waals surface area contributed by atoms with E-state index in [1.54, 1.807) is 6.20 Å². The summed E-state index contributed by atoms with van der Waals surface area (Å²) in [6.45, 7) is 2.52. The molecule has 0 saturated carbocycles. The van der Waals surface area contributed by atoms with Crippen molar-refractivity contribution in [2.24, 2.45) is 0 Å². The van der Waals surface area contributed by atoms with Crippen molar-refractivity contribution >= 4 is 11.5 Å². The summed E-state index contributed by atoms with van der Waals surface area (Å²) in [4.78, 5) is 8.18. The molecule has 0 aliphatic heterocycles. The average Bonchev–Trinajstić information content (AvgIpc) is 2.69. The summed E-state index contributed by atoms with van der Waals surface area (Å²) in [5.74, 6) is 1.58. The number of H-pyrrole nitrogens is 1. The Kier molecular flexibility index (Phi) is 2.49. The lowest BCUT2D eigenvalue weighted by molar-refractivity contribution is 0.945. The minimum Gasteiger partial charge on any atom is -0.397 e. The normalized spacial score (nSPS) is 10.2. The fourth-order valence-electron chi connectivity index (χ4n) is 1.27. The number of nitrogens with two attached hydrogens (primary N) is 1. The van der Waals surface area contributed by atoms with Gasteiger partial charge in [0.2, 0.25) is 0 Å². The van der Waals surface area contributed by atoms with Crippen LogP contribution in [0.5, 0.6) is 0 Å². The fraction of sp³-hybridized carbons (Fsp3) is 0.222. The van der Waals surface area contributed by atoms with E-state index in [4.69, 9.17) is 5.73 Å². The summed E-state index contributed by atoms with van der Waals surface area (Å²) in [6.07, 6.45) is 3.09. The molecule has 6 nitrogen and oxygen atoms in total.